The number of aromatic nitrogens is 1. The lowest BCUT2D eigenvalue weighted by Crippen LogP contribution is -2.37. The molecule has 3 N–H and O–H groups in total. The highest BCUT2D eigenvalue weighted by Crippen LogP contribution is 2.37. The third-order valence-electron chi connectivity index (χ3n) is 6.33. The van der Waals surface area contributed by atoms with Gasteiger partial charge in [0, 0.05) is 18.4 Å². The molecule has 2 aromatic rings. The van der Waals surface area contributed by atoms with Gasteiger partial charge >= 0.3 is 5.97 Å². The number of carbonyl (C=O) groups is 3. The summed E-state index contributed by atoms with van der Waals surface area (Å²) < 4.78 is 0. The van der Waals surface area contributed by atoms with E-state index in [0.717, 1.165) is 36.9 Å². The molecule has 0 bridgehead atoms. The monoisotopic (exact) mass is 421 g/mol. The van der Waals surface area contributed by atoms with Crippen LogP contribution in [0.3, 0.4) is 0 Å². The predicted octanol–water partition coefficient (Wildman–Crippen LogP) is 3.71. The Balaban J connectivity index is 1.33. The highest BCUT2D eigenvalue weighted by atomic mass is 16.4. The minimum absolute atomic E-state index is 0.0922. The first-order valence-electron chi connectivity index (χ1n) is 10.9. The molecule has 1 aromatic carbocycles. The number of hydrogen-bond donors (Lipinski definition) is 3. The molecule has 0 unspecified atom stereocenters. The zero-order valence-corrected chi connectivity index (χ0v) is 17.3. The Morgan fingerprint density at radius 2 is 1.77 bits per heavy atom. The van der Waals surface area contributed by atoms with Crippen LogP contribution in [0.15, 0.2) is 42.6 Å². The van der Waals surface area contributed by atoms with Gasteiger partial charge in [0.2, 0.25) is 11.8 Å². The molecule has 0 spiro atoms. The Hall–Kier alpha value is -3.22. The summed E-state index contributed by atoms with van der Waals surface area (Å²) in [6.45, 7) is 0. The van der Waals surface area contributed by atoms with Crippen molar-refractivity contribution >= 4 is 23.5 Å². The number of carbonyl (C=O) groups excluding carboxylic acids is 2. The molecule has 2 fully saturated rings. The molecule has 162 valence electrons. The second kappa shape index (κ2) is 9.29. The molecule has 7 nitrogen and oxygen atoms in total. The number of hydrogen-bond acceptors (Lipinski definition) is 4. The van der Waals surface area contributed by atoms with Gasteiger partial charge in [-0.2, -0.15) is 0 Å². The summed E-state index contributed by atoms with van der Waals surface area (Å²) in [7, 11) is 0. The molecule has 4 rings (SSSR count). The van der Waals surface area contributed by atoms with Crippen molar-refractivity contribution in [2.24, 2.45) is 5.92 Å². The summed E-state index contributed by atoms with van der Waals surface area (Å²) in [5.74, 6) is -0.216. The third-order valence-corrected chi connectivity index (χ3v) is 6.33. The Kier molecular flexibility index (Phi) is 6.30. The van der Waals surface area contributed by atoms with E-state index in [1.807, 2.05) is 12.1 Å². The van der Waals surface area contributed by atoms with Crippen LogP contribution < -0.4 is 10.6 Å². The quantitative estimate of drug-likeness (QED) is 0.659. The summed E-state index contributed by atoms with van der Waals surface area (Å²) >= 11 is 0. The molecule has 2 heterocycles. The molecular formula is C24H27N3O4. The van der Waals surface area contributed by atoms with Crippen molar-refractivity contribution in [3.05, 3.63) is 48.2 Å². The Morgan fingerprint density at radius 1 is 1.03 bits per heavy atom. The number of anilines is 1. The Labute approximate surface area is 181 Å². The average Bonchev–Trinajstić information content (AvgIpc) is 3.21. The van der Waals surface area contributed by atoms with Gasteiger partial charge in [-0.25, -0.2) is 0 Å². The fraction of sp³-hybridized carbons (Fsp3) is 0.417. The number of benzene rings is 1. The first-order valence-corrected chi connectivity index (χ1v) is 10.9. The summed E-state index contributed by atoms with van der Waals surface area (Å²) in [6.07, 6.45) is 6.82. The van der Waals surface area contributed by atoms with Gasteiger partial charge in [0.25, 0.3) is 0 Å². The molecule has 1 aromatic heterocycles. The van der Waals surface area contributed by atoms with E-state index in [9.17, 15) is 14.4 Å². The number of nitrogens with one attached hydrogen (secondary N) is 2. The molecule has 1 saturated carbocycles. The lowest BCUT2D eigenvalue weighted by atomic mass is 9.77. The number of rotatable bonds is 6. The second-order valence-corrected chi connectivity index (χ2v) is 8.52. The summed E-state index contributed by atoms with van der Waals surface area (Å²) in [5, 5.41) is 14.4. The largest absolute Gasteiger partial charge is 0.481 e. The van der Waals surface area contributed by atoms with Crippen molar-refractivity contribution in [3.8, 4) is 11.3 Å². The standard InChI is InChI=1S/C24H27N3O4/c28-22-12-11-21(27-22)24(31)26-19-9-10-20(25-14-19)18-7-5-17(6-8-18)16-3-1-15(2-4-16)13-23(29)30/h5-10,14-16,21H,1-4,11-13H2,(H,26,31)(H,27,28)(H,29,30)/t15?,16?,21-/m0/s1. The fourth-order valence-corrected chi connectivity index (χ4v) is 4.55. The van der Waals surface area contributed by atoms with Crippen LogP contribution in [0.5, 0.6) is 0 Å². The highest BCUT2D eigenvalue weighted by molar-refractivity contribution is 5.98. The van der Waals surface area contributed by atoms with Gasteiger partial charge in [0.1, 0.15) is 6.04 Å². The number of carboxylic acid groups (broad SMARTS) is 1. The maximum absolute atomic E-state index is 12.2. The summed E-state index contributed by atoms with van der Waals surface area (Å²) in [6, 6.07) is 11.6. The van der Waals surface area contributed by atoms with Crippen LogP contribution in [0.2, 0.25) is 0 Å². The van der Waals surface area contributed by atoms with E-state index >= 15 is 0 Å². The number of carboxylic acids is 1. The molecule has 1 aliphatic carbocycles. The topological polar surface area (TPSA) is 108 Å². The van der Waals surface area contributed by atoms with E-state index in [1.165, 1.54) is 5.56 Å². The van der Waals surface area contributed by atoms with Crippen molar-refractivity contribution in [1.29, 1.82) is 0 Å². The molecule has 2 amide bonds. The lowest BCUT2D eigenvalue weighted by molar-refractivity contribution is -0.138. The molecular weight excluding hydrogens is 394 g/mol. The van der Waals surface area contributed by atoms with Gasteiger partial charge in [0.15, 0.2) is 0 Å². The van der Waals surface area contributed by atoms with Gasteiger partial charge in [-0.1, -0.05) is 24.3 Å². The van der Waals surface area contributed by atoms with Gasteiger partial charge in [0.05, 0.1) is 17.6 Å². The molecule has 7 heteroatoms. The minimum atomic E-state index is -0.698. The van der Waals surface area contributed by atoms with E-state index in [0.29, 0.717) is 30.4 Å². The van der Waals surface area contributed by atoms with Crippen molar-refractivity contribution in [2.45, 2.75) is 56.9 Å². The number of nitrogens with zero attached hydrogens (tertiary/aromatic N) is 1. The minimum Gasteiger partial charge on any atom is -0.481 e. The van der Waals surface area contributed by atoms with Crippen LogP contribution in [0.1, 0.15) is 56.4 Å². The van der Waals surface area contributed by atoms with Crippen LogP contribution in [-0.2, 0) is 14.4 Å². The van der Waals surface area contributed by atoms with Crippen molar-refractivity contribution in [1.82, 2.24) is 10.3 Å². The summed E-state index contributed by atoms with van der Waals surface area (Å²) in [4.78, 5) is 38.8. The number of amides is 2. The van der Waals surface area contributed by atoms with E-state index in [4.69, 9.17) is 5.11 Å². The molecule has 1 aliphatic heterocycles. The molecule has 31 heavy (non-hydrogen) atoms. The highest BCUT2D eigenvalue weighted by Gasteiger charge is 2.27. The zero-order valence-electron chi connectivity index (χ0n) is 17.3. The molecule has 1 atom stereocenters. The second-order valence-electron chi connectivity index (χ2n) is 8.52. The van der Waals surface area contributed by atoms with Crippen molar-refractivity contribution in [3.63, 3.8) is 0 Å². The molecule has 1 saturated heterocycles. The average molecular weight is 421 g/mol. The smallest absolute Gasteiger partial charge is 0.303 e. The maximum atomic E-state index is 12.2. The van der Waals surface area contributed by atoms with Crippen molar-refractivity contribution < 1.29 is 19.5 Å². The first-order chi connectivity index (χ1) is 15.0. The first kappa shape index (κ1) is 21.0. The zero-order chi connectivity index (χ0) is 21.8. The van der Waals surface area contributed by atoms with Crippen LogP contribution >= 0.6 is 0 Å². The van der Waals surface area contributed by atoms with E-state index in [-0.39, 0.29) is 18.2 Å². The van der Waals surface area contributed by atoms with Crippen LogP contribution in [0.4, 0.5) is 5.69 Å². The Morgan fingerprint density at radius 3 is 2.35 bits per heavy atom. The fourth-order valence-electron chi connectivity index (χ4n) is 4.55. The lowest BCUT2D eigenvalue weighted by Gasteiger charge is -2.28. The van der Waals surface area contributed by atoms with Crippen LogP contribution in [0, 0.1) is 5.92 Å². The van der Waals surface area contributed by atoms with E-state index < -0.39 is 12.0 Å². The number of pyridine rings is 1. The molecule has 2 aliphatic rings. The SMILES string of the molecule is O=C(O)CC1CCC(c2ccc(-c3ccc(NC(=O)[C@@H]4CCC(=O)N4)cn3)cc2)CC1. The predicted molar refractivity (Wildman–Crippen MR) is 116 cm³/mol. The third kappa shape index (κ3) is 5.29. The maximum Gasteiger partial charge on any atom is 0.303 e. The van der Waals surface area contributed by atoms with E-state index in [1.54, 1.807) is 6.20 Å². The van der Waals surface area contributed by atoms with Crippen LogP contribution in [0.25, 0.3) is 11.3 Å². The van der Waals surface area contributed by atoms with E-state index in [2.05, 4.69) is 39.9 Å². The van der Waals surface area contributed by atoms with Gasteiger partial charge in [-0.3, -0.25) is 19.4 Å². The molecule has 0 radical (unpaired) electrons. The number of aliphatic carboxylic acids is 1. The van der Waals surface area contributed by atoms with Gasteiger partial charge in [-0.05, 0) is 61.6 Å². The van der Waals surface area contributed by atoms with Crippen LogP contribution in [-0.4, -0.2) is 33.9 Å². The normalized spacial score (nSPS) is 23.2. The van der Waals surface area contributed by atoms with Crippen molar-refractivity contribution in [2.75, 3.05) is 5.32 Å². The van der Waals surface area contributed by atoms with Gasteiger partial charge in [-0.15, -0.1) is 0 Å². The Bertz CT molecular complexity index is 948. The van der Waals surface area contributed by atoms with Gasteiger partial charge < -0.3 is 15.7 Å². The summed E-state index contributed by atoms with van der Waals surface area (Å²) in [5.41, 5.74) is 3.72.